The number of nitrogens with one attached hydrogen (secondary N) is 1. The van der Waals surface area contributed by atoms with E-state index in [0.717, 1.165) is 5.56 Å². The highest BCUT2D eigenvalue weighted by molar-refractivity contribution is 6.33. The van der Waals surface area contributed by atoms with E-state index in [1.165, 1.54) is 17.0 Å². The lowest BCUT2D eigenvalue weighted by atomic mass is 10.1. The van der Waals surface area contributed by atoms with Crippen LogP contribution in [0.4, 0.5) is 10.1 Å². The topological polar surface area (TPSA) is 32.3 Å². The molecule has 2 aromatic rings. The molecule has 1 N–H and O–H groups in total. The zero-order valence-electron chi connectivity index (χ0n) is 11.9. The maximum Gasteiger partial charge on any atom is 0.253 e. The van der Waals surface area contributed by atoms with E-state index < -0.39 is 0 Å². The smallest absolute Gasteiger partial charge is 0.253 e. The van der Waals surface area contributed by atoms with Crippen LogP contribution in [0.3, 0.4) is 0 Å². The summed E-state index contributed by atoms with van der Waals surface area (Å²) in [6.45, 7) is 0.500. The quantitative estimate of drug-likeness (QED) is 0.932. The predicted octanol–water partition coefficient (Wildman–Crippen LogP) is 3.79. The van der Waals surface area contributed by atoms with Crippen molar-refractivity contribution in [1.29, 1.82) is 0 Å². The molecule has 0 aliphatic carbocycles. The minimum absolute atomic E-state index is 0.0866. The zero-order valence-corrected chi connectivity index (χ0v) is 12.6. The van der Waals surface area contributed by atoms with Gasteiger partial charge in [-0.15, -0.1) is 0 Å². The van der Waals surface area contributed by atoms with Crippen LogP contribution in [0.2, 0.25) is 5.02 Å². The van der Waals surface area contributed by atoms with Crippen LogP contribution in [0.25, 0.3) is 0 Å². The van der Waals surface area contributed by atoms with Gasteiger partial charge >= 0.3 is 0 Å². The summed E-state index contributed by atoms with van der Waals surface area (Å²) in [6, 6.07) is 11.3. The summed E-state index contributed by atoms with van der Waals surface area (Å²) in [5.74, 6) is -0.355. The maximum absolute atomic E-state index is 12.8. The van der Waals surface area contributed by atoms with Crippen molar-refractivity contribution in [2.45, 2.75) is 6.54 Å². The molecule has 0 aromatic heterocycles. The SMILES string of the molecule is CN(C)C(=O)c1ccc(Cl)c(NCc2ccc(F)cc2)c1. The highest BCUT2D eigenvalue weighted by Gasteiger charge is 2.10. The van der Waals surface area contributed by atoms with Crippen LogP contribution < -0.4 is 5.32 Å². The summed E-state index contributed by atoms with van der Waals surface area (Å²) in [6.07, 6.45) is 0. The van der Waals surface area contributed by atoms with Crippen LogP contribution in [-0.2, 0) is 6.54 Å². The van der Waals surface area contributed by atoms with Crippen LogP contribution in [0, 0.1) is 5.82 Å². The van der Waals surface area contributed by atoms with E-state index in [9.17, 15) is 9.18 Å². The molecule has 0 heterocycles. The number of benzene rings is 2. The van der Waals surface area contributed by atoms with E-state index in [1.807, 2.05) is 0 Å². The first kappa shape index (κ1) is 15.3. The summed E-state index contributed by atoms with van der Waals surface area (Å²) in [4.78, 5) is 13.4. The molecule has 0 atom stereocenters. The molecule has 0 saturated heterocycles. The van der Waals surface area contributed by atoms with Crippen molar-refractivity contribution in [3.63, 3.8) is 0 Å². The van der Waals surface area contributed by atoms with Gasteiger partial charge in [-0.1, -0.05) is 23.7 Å². The second-order valence-corrected chi connectivity index (χ2v) is 5.28. The molecule has 0 radical (unpaired) electrons. The molecule has 5 heteroatoms. The van der Waals surface area contributed by atoms with Gasteiger partial charge in [-0.05, 0) is 35.9 Å². The minimum Gasteiger partial charge on any atom is -0.380 e. The largest absolute Gasteiger partial charge is 0.380 e. The number of carbonyl (C=O) groups is 1. The van der Waals surface area contributed by atoms with Gasteiger partial charge in [0.1, 0.15) is 5.82 Å². The number of amides is 1. The summed E-state index contributed by atoms with van der Waals surface area (Å²) >= 11 is 6.12. The van der Waals surface area contributed by atoms with Gasteiger partial charge < -0.3 is 10.2 Å². The molecular formula is C16H16ClFN2O. The lowest BCUT2D eigenvalue weighted by molar-refractivity contribution is 0.0827. The molecule has 21 heavy (non-hydrogen) atoms. The highest BCUT2D eigenvalue weighted by atomic mass is 35.5. The molecule has 0 unspecified atom stereocenters. The molecule has 110 valence electrons. The van der Waals surface area contributed by atoms with Gasteiger partial charge in [0.25, 0.3) is 5.91 Å². The number of anilines is 1. The Morgan fingerprint density at radius 2 is 1.86 bits per heavy atom. The standard InChI is InChI=1S/C16H16ClFN2O/c1-20(2)16(21)12-5-8-14(17)15(9-12)19-10-11-3-6-13(18)7-4-11/h3-9,19H,10H2,1-2H3. The average molecular weight is 307 g/mol. The van der Waals surface area contributed by atoms with Crippen LogP contribution in [-0.4, -0.2) is 24.9 Å². The van der Waals surface area contributed by atoms with Gasteiger partial charge in [0.15, 0.2) is 0 Å². The number of halogens is 2. The van der Waals surface area contributed by atoms with Gasteiger partial charge in [0.2, 0.25) is 0 Å². The Morgan fingerprint density at radius 3 is 2.48 bits per heavy atom. The normalized spacial score (nSPS) is 10.3. The number of carbonyl (C=O) groups excluding carboxylic acids is 1. The number of hydrogen-bond acceptors (Lipinski definition) is 2. The summed E-state index contributed by atoms with van der Waals surface area (Å²) < 4.78 is 12.8. The third-order valence-corrected chi connectivity index (χ3v) is 3.35. The van der Waals surface area contributed by atoms with Crippen molar-refractivity contribution in [2.24, 2.45) is 0 Å². The van der Waals surface area contributed by atoms with E-state index in [-0.39, 0.29) is 11.7 Å². The van der Waals surface area contributed by atoms with Gasteiger partial charge in [-0.2, -0.15) is 0 Å². The first-order valence-corrected chi connectivity index (χ1v) is 6.84. The summed E-state index contributed by atoms with van der Waals surface area (Å²) in [5, 5.41) is 3.69. The van der Waals surface area contributed by atoms with Crippen LogP contribution in [0.1, 0.15) is 15.9 Å². The Labute approximate surface area is 128 Å². The highest BCUT2D eigenvalue weighted by Crippen LogP contribution is 2.24. The van der Waals surface area contributed by atoms with E-state index in [1.54, 1.807) is 44.4 Å². The van der Waals surface area contributed by atoms with Gasteiger partial charge in [0.05, 0.1) is 10.7 Å². The molecule has 2 rings (SSSR count). The molecule has 0 aliphatic heterocycles. The molecule has 2 aromatic carbocycles. The number of hydrogen-bond donors (Lipinski definition) is 1. The Hall–Kier alpha value is -2.07. The van der Waals surface area contributed by atoms with Crippen molar-refractivity contribution >= 4 is 23.2 Å². The lowest BCUT2D eigenvalue weighted by Crippen LogP contribution is -2.21. The first-order valence-electron chi connectivity index (χ1n) is 6.47. The van der Waals surface area contributed by atoms with Crippen molar-refractivity contribution in [3.8, 4) is 0 Å². The monoisotopic (exact) mass is 306 g/mol. The van der Waals surface area contributed by atoms with Gasteiger partial charge in [-0.25, -0.2) is 4.39 Å². The molecular weight excluding hydrogens is 291 g/mol. The number of nitrogens with zero attached hydrogens (tertiary/aromatic N) is 1. The molecule has 0 bridgehead atoms. The summed E-state index contributed by atoms with van der Waals surface area (Å²) in [7, 11) is 3.39. The minimum atomic E-state index is -0.268. The number of rotatable bonds is 4. The van der Waals surface area contributed by atoms with E-state index >= 15 is 0 Å². The average Bonchev–Trinajstić information content (AvgIpc) is 2.47. The Kier molecular flexibility index (Phi) is 4.81. The Bertz CT molecular complexity index is 641. The predicted molar refractivity (Wildman–Crippen MR) is 83.2 cm³/mol. The molecule has 0 saturated carbocycles. The molecule has 1 amide bonds. The first-order chi connectivity index (χ1) is 9.97. The lowest BCUT2D eigenvalue weighted by Gasteiger charge is -2.13. The third kappa shape index (κ3) is 3.95. The molecule has 0 fully saturated rings. The molecule has 0 spiro atoms. The summed E-state index contributed by atoms with van der Waals surface area (Å²) in [5.41, 5.74) is 2.16. The van der Waals surface area contributed by atoms with Gasteiger partial charge in [0, 0.05) is 26.2 Å². The third-order valence-electron chi connectivity index (χ3n) is 3.02. The zero-order chi connectivity index (χ0) is 15.4. The van der Waals surface area contributed by atoms with E-state index in [4.69, 9.17) is 11.6 Å². The van der Waals surface area contributed by atoms with Crippen molar-refractivity contribution in [2.75, 3.05) is 19.4 Å². The van der Waals surface area contributed by atoms with E-state index in [2.05, 4.69) is 5.32 Å². The van der Waals surface area contributed by atoms with Crippen molar-refractivity contribution < 1.29 is 9.18 Å². The molecule has 3 nitrogen and oxygen atoms in total. The fourth-order valence-electron chi connectivity index (χ4n) is 1.85. The fourth-order valence-corrected chi connectivity index (χ4v) is 2.04. The van der Waals surface area contributed by atoms with Crippen LogP contribution in [0.15, 0.2) is 42.5 Å². The Morgan fingerprint density at radius 1 is 1.19 bits per heavy atom. The Balaban J connectivity index is 2.14. The maximum atomic E-state index is 12.8. The second-order valence-electron chi connectivity index (χ2n) is 4.87. The van der Waals surface area contributed by atoms with Crippen LogP contribution >= 0.6 is 11.6 Å². The fraction of sp³-hybridized carbons (Fsp3) is 0.188. The van der Waals surface area contributed by atoms with Crippen molar-refractivity contribution in [1.82, 2.24) is 4.90 Å². The second kappa shape index (κ2) is 6.59. The van der Waals surface area contributed by atoms with Gasteiger partial charge in [-0.3, -0.25) is 4.79 Å². The van der Waals surface area contributed by atoms with Crippen LogP contribution in [0.5, 0.6) is 0 Å². The van der Waals surface area contributed by atoms with E-state index in [0.29, 0.717) is 22.8 Å². The van der Waals surface area contributed by atoms with Crippen molar-refractivity contribution in [3.05, 3.63) is 64.4 Å². The molecule has 0 aliphatic rings.